The molecule has 142 valence electrons. The van der Waals surface area contributed by atoms with E-state index in [0.29, 0.717) is 11.3 Å². The molecule has 2 aliphatic carbocycles. The summed E-state index contributed by atoms with van der Waals surface area (Å²) in [5.41, 5.74) is 1.05. The number of ether oxygens (including phenoxy) is 2. The van der Waals surface area contributed by atoms with Crippen LogP contribution >= 0.6 is 15.9 Å². The monoisotopic (exact) mass is 435 g/mol. The van der Waals surface area contributed by atoms with Gasteiger partial charge in [-0.3, -0.25) is 19.2 Å². The average molecular weight is 436 g/mol. The zero-order valence-corrected chi connectivity index (χ0v) is 16.1. The summed E-state index contributed by atoms with van der Waals surface area (Å²) in [6.07, 6.45) is 0.601. The highest BCUT2D eigenvalue weighted by Crippen LogP contribution is 2.60. The van der Waals surface area contributed by atoms with Gasteiger partial charge < -0.3 is 14.8 Å². The molecule has 1 N–H and O–H groups in total. The Bertz CT molecular complexity index is 822. The molecule has 1 amide bonds. The Morgan fingerprint density at radius 2 is 1.93 bits per heavy atom. The fourth-order valence-electron chi connectivity index (χ4n) is 4.51. The van der Waals surface area contributed by atoms with E-state index in [-0.39, 0.29) is 34.5 Å². The van der Waals surface area contributed by atoms with E-state index in [1.165, 1.54) is 6.92 Å². The lowest BCUT2D eigenvalue weighted by molar-refractivity contribution is -0.157. The van der Waals surface area contributed by atoms with Crippen LogP contribution < -0.4 is 5.32 Å². The summed E-state index contributed by atoms with van der Waals surface area (Å²) in [4.78, 5) is 47.8. The van der Waals surface area contributed by atoms with Crippen molar-refractivity contribution in [1.82, 2.24) is 0 Å². The van der Waals surface area contributed by atoms with Crippen LogP contribution in [0.15, 0.2) is 24.3 Å². The molecule has 1 heterocycles. The lowest BCUT2D eigenvalue weighted by Crippen LogP contribution is -2.39. The smallest absolute Gasteiger partial charge is 0.310 e. The Kier molecular flexibility index (Phi) is 4.53. The third-order valence-corrected chi connectivity index (χ3v) is 6.92. The van der Waals surface area contributed by atoms with Gasteiger partial charge in [-0.2, -0.15) is 0 Å². The summed E-state index contributed by atoms with van der Waals surface area (Å²) in [5, 5.41) is 2.61. The third-order valence-electron chi connectivity index (χ3n) is 5.72. The number of anilines is 1. The van der Waals surface area contributed by atoms with Crippen molar-refractivity contribution in [2.75, 3.05) is 11.9 Å². The minimum atomic E-state index is -0.562. The highest BCUT2D eigenvalue weighted by Gasteiger charge is 2.68. The van der Waals surface area contributed by atoms with Crippen LogP contribution in [-0.4, -0.2) is 41.2 Å². The lowest BCUT2D eigenvalue weighted by atomic mass is 9.80. The van der Waals surface area contributed by atoms with Gasteiger partial charge in [0.1, 0.15) is 6.10 Å². The number of amides is 1. The van der Waals surface area contributed by atoms with Gasteiger partial charge in [0.2, 0.25) is 0 Å². The first-order valence-corrected chi connectivity index (χ1v) is 9.70. The van der Waals surface area contributed by atoms with E-state index < -0.39 is 30.3 Å². The quantitative estimate of drug-likeness (QED) is 0.431. The number of benzene rings is 1. The van der Waals surface area contributed by atoms with Crippen molar-refractivity contribution in [2.45, 2.75) is 24.3 Å². The van der Waals surface area contributed by atoms with Crippen molar-refractivity contribution < 1.29 is 28.7 Å². The topological polar surface area (TPSA) is 98.8 Å². The number of hydrogen-bond acceptors (Lipinski definition) is 6. The van der Waals surface area contributed by atoms with E-state index in [4.69, 9.17) is 9.47 Å². The number of carbonyl (C=O) groups excluding carboxylic acids is 4. The minimum absolute atomic E-state index is 0.00821. The van der Waals surface area contributed by atoms with Gasteiger partial charge in [0.25, 0.3) is 5.91 Å². The Balaban J connectivity index is 1.33. The van der Waals surface area contributed by atoms with Crippen molar-refractivity contribution in [2.24, 2.45) is 23.7 Å². The maximum absolute atomic E-state index is 12.5. The molecule has 3 fully saturated rings. The molecule has 6 atom stereocenters. The Morgan fingerprint density at radius 1 is 1.22 bits per heavy atom. The molecular formula is C19H18BrNO6. The van der Waals surface area contributed by atoms with Gasteiger partial charge in [0.05, 0.1) is 16.7 Å². The number of esters is 2. The SMILES string of the molecule is CC(=O)c1ccc(NC(=O)COC(=O)[C@@H]2[C@H]3C[C@H]4[C@H](OC(=O)[C@H]42)[C@H]3Br)cc1. The first-order chi connectivity index (χ1) is 12.9. The van der Waals surface area contributed by atoms with Crippen molar-refractivity contribution in [3.63, 3.8) is 0 Å². The normalized spacial score (nSPS) is 32.9. The molecular weight excluding hydrogens is 418 g/mol. The fourth-order valence-corrected chi connectivity index (χ4v) is 5.56. The highest BCUT2D eigenvalue weighted by atomic mass is 79.9. The Morgan fingerprint density at radius 3 is 2.59 bits per heavy atom. The van der Waals surface area contributed by atoms with E-state index in [9.17, 15) is 19.2 Å². The number of rotatable bonds is 5. The van der Waals surface area contributed by atoms with Crippen LogP contribution in [-0.2, 0) is 23.9 Å². The van der Waals surface area contributed by atoms with E-state index >= 15 is 0 Å². The number of nitrogens with one attached hydrogen (secondary N) is 1. The van der Waals surface area contributed by atoms with Gasteiger partial charge in [-0.05, 0) is 43.5 Å². The van der Waals surface area contributed by atoms with Crippen LogP contribution in [0.1, 0.15) is 23.7 Å². The van der Waals surface area contributed by atoms with E-state index in [0.717, 1.165) is 6.42 Å². The molecule has 7 nitrogen and oxygen atoms in total. The van der Waals surface area contributed by atoms with Crippen molar-refractivity contribution in [1.29, 1.82) is 0 Å². The summed E-state index contributed by atoms with van der Waals surface area (Å²) >= 11 is 3.54. The van der Waals surface area contributed by atoms with Gasteiger partial charge >= 0.3 is 11.9 Å². The number of hydrogen-bond donors (Lipinski definition) is 1. The molecule has 1 saturated heterocycles. The molecule has 1 aliphatic heterocycles. The summed E-state index contributed by atoms with van der Waals surface area (Å²) in [6.45, 7) is 1.03. The largest absolute Gasteiger partial charge is 0.461 e. The lowest BCUT2D eigenvalue weighted by Gasteiger charge is -2.26. The molecule has 0 spiro atoms. The molecule has 0 aromatic heterocycles. The summed E-state index contributed by atoms with van der Waals surface area (Å²) < 4.78 is 10.6. The fraction of sp³-hybridized carbons (Fsp3) is 0.474. The molecule has 0 unspecified atom stereocenters. The number of fused-ring (bicyclic) bond motifs is 1. The summed E-state index contributed by atoms with van der Waals surface area (Å²) in [6, 6.07) is 6.43. The number of ketones is 1. The van der Waals surface area contributed by atoms with Crippen LogP contribution in [0.4, 0.5) is 5.69 Å². The second kappa shape index (κ2) is 6.74. The zero-order valence-electron chi connectivity index (χ0n) is 14.5. The van der Waals surface area contributed by atoms with Crippen LogP contribution in [0.3, 0.4) is 0 Å². The highest BCUT2D eigenvalue weighted by molar-refractivity contribution is 9.09. The summed E-state index contributed by atoms with van der Waals surface area (Å²) in [7, 11) is 0. The number of alkyl halides is 1. The standard InChI is InChI=1S/C19H18BrNO6/c1-8(22)9-2-4-10(5-3-9)21-13(23)7-26-18(24)14-11-6-12-15(14)19(25)27-17(12)16(11)20/h2-5,11-12,14-17H,6-7H2,1H3,(H,21,23)/t11-,12-,14-,15-,16+,17+/m1/s1. The van der Waals surface area contributed by atoms with Gasteiger partial charge in [0.15, 0.2) is 12.4 Å². The van der Waals surface area contributed by atoms with Gasteiger partial charge in [-0.25, -0.2) is 0 Å². The molecule has 8 heteroatoms. The van der Waals surface area contributed by atoms with Crippen LogP contribution in [0.2, 0.25) is 0 Å². The molecule has 1 aromatic rings. The van der Waals surface area contributed by atoms with E-state index in [1.807, 2.05) is 0 Å². The zero-order chi connectivity index (χ0) is 19.3. The molecule has 2 saturated carbocycles. The number of carbonyl (C=O) groups is 4. The van der Waals surface area contributed by atoms with Crippen LogP contribution in [0.5, 0.6) is 0 Å². The van der Waals surface area contributed by atoms with Crippen molar-refractivity contribution in [3.05, 3.63) is 29.8 Å². The third kappa shape index (κ3) is 3.05. The molecule has 4 rings (SSSR count). The maximum Gasteiger partial charge on any atom is 0.310 e. The number of halogens is 1. The van der Waals surface area contributed by atoms with E-state index in [2.05, 4.69) is 21.2 Å². The molecule has 1 aromatic carbocycles. The Hall–Kier alpha value is -2.22. The van der Waals surface area contributed by atoms with Crippen molar-refractivity contribution in [3.8, 4) is 0 Å². The first-order valence-electron chi connectivity index (χ1n) is 8.79. The maximum atomic E-state index is 12.5. The summed E-state index contributed by atoms with van der Waals surface area (Å²) in [5.74, 6) is -2.39. The Labute approximate surface area is 163 Å². The van der Waals surface area contributed by atoms with Gasteiger partial charge in [-0.1, -0.05) is 15.9 Å². The second-order valence-electron chi connectivity index (χ2n) is 7.25. The first kappa shape index (κ1) is 18.2. The van der Waals surface area contributed by atoms with Crippen molar-refractivity contribution >= 4 is 45.2 Å². The molecule has 27 heavy (non-hydrogen) atoms. The van der Waals surface area contributed by atoms with Gasteiger partial charge in [0, 0.05) is 17.2 Å². The van der Waals surface area contributed by atoms with Crippen LogP contribution in [0, 0.1) is 23.7 Å². The molecule has 3 aliphatic rings. The molecule has 2 bridgehead atoms. The number of Topliss-reactive ketones (excluding diaryl/α,β-unsaturated/α-hetero) is 1. The minimum Gasteiger partial charge on any atom is -0.461 e. The predicted octanol–water partition coefficient (Wildman–Crippen LogP) is 1.94. The second-order valence-corrected chi connectivity index (χ2v) is 8.31. The molecule has 0 radical (unpaired) electrons. The average Bonchev–Trinajstić information content (AvgIpc) is 3.24. The van der Waals surface area contributed by atoms with Crippen LogP contribution in [0.25, 0.3) is 0 Å². The predicted molar refractivity (Wildman–Crippen MR) is 97.2 cm³/mol. The van der Waals surface area contributed by atoms with Gasteiger partial charge in [-0.15, -0.1) is 0 Å². The van der Waals surface area contributed by atoms with E-state index in [1.54, 1.807) is 24.3 Å².